The lowest BCUT2D eigenvalue weighted by molar-refractivity contribution is -0.0238. The highest BCUT2D eigenvalue weighted by atomic mass is 32.1. The van der Waals surface area contributed by atoms with Crippen molar-refractivity contribution in [2.24, 2.45) is 0 Å². The van der Waals surface area contributed by atoms with E-state index in [0.717, 1.165) is 18.9 Å². The minimum atomic E-state index is -2.32. The van der Waals surface area contributed by atoms with Gasteiger partial charge in [-0.15, -0.1) is 0 Å². The number of hydrogen-bond donors (Lipinski definition) is 1. The van der Waals surface area contributed by atoms with Gasteiger partial charge in [0, 0.05) is 25.1 Å². The van der Waals surface area contributed by atoms with E-state index in [9.17, 15) is 0 Å². The minimum Gasteiger partial charge on any atom is -0.393 e. The molecule has 0 aromatic rings. The predicted molar refractivity (Wildman–Crippen MR) is 75.9 cm³/mol. The molecule has 2 unspecified atom stereocenters. The highest BCUT2D eigenvalue weighted by Gasteiger charge is 2.60. The Morgan fingerprint density at radius 3 is 2.24 bits per heavy atom. The molecule has 1 heterocycles. The van der Waals surface area contributed by atoms with Crippen molar-refractivity contribution in [2.75, 3.05) is 19.8 Å². The van der Waals surface area contributed by atoms with Crippen LogP contribution in [0.25, 0.3) is 0 Å². The quantitative estimate of drug-likeness (QED) is 0.598. The third kappa shape index (κ3) is 2.89. The normalized spacial score (nSPS) is 32.6. The van der Waals surface area contributed by atoms with Gasteiger partial charge in [0.2, 0.25) is 0 Å². The molecule has 0 bridgehead atoms. The second-order valence-corrected chi connectivity index (χ2v) is 8.77. The van der Waals surface area contributed by atoms with Crippen LogP contribution in [0.4, 0.5) is 0 Å². The largest absolute Gasteiger partial charge is 0.393 e. The molecule has 1 rings (SSSR count). The molecule has 0 aliphatic carbocycles. The maximum Gasteiger partial charge on any atom is 0.372 e. The summed E-state index contributed by atoms with van der Waals surface area (Å²) < 4.78 is 18.2. The molecule has 17 heavy (non-hydrogen) atoms. The van der Waals surface area contributed by atoms with E-state index in [1.54, 1.807) is 0 Å². The predicted octanol–water partition coefficient (Wildman–Crippen LogP) is 2.93. The van der Waals surface area contributed by atoms with Crippen molar-refractivity contribution in [3.63, 3.8) is 0 Å². The van der Waals surface area contributed by atoms with E-state index < -0.39 is 8.56 Å². The van der Waals surface area contributed by atoms with Crippen LogP contribution in [0.3, 0.4) is 0 Å². The molecule has 5 heteroatoms. The van der Waals surface area contributed by atoms with Crippen LogP contribution in [0.2, 0.25) is 6.04 Å². The molecule has 1 saturated heterocycles. The van der Waals surface area contributed by atoms with Crippen molar-refractivity contribution in [1.82, 2.24) is 0 Å². The van der Waals surface area contributed by atoms with Gasteiger partial charge in [-0.05, 0) is 40.2 Å². The lowest BCUT2D eigenvalue weighted by atomic mass is 10.1. The maximum atomic E-state index is 6.09. The summed E-state index contributed by atoms with van der Waals surface area (Å²) in [5, 5.41) is -0.129. The van der Waals surface area contributed by atoms with Gasteiger partial charge >= 0.3 is 8.56 Å². The van der Waals surface area contributed by atoms with Crippen LogP contribution >= 0.6 is 12.6 Å². The Morgan fingerprint density at radius 1 is 1.18 bits per heavy atom. The van der Waals surface area contributed by atoms with Gasteiger partial charge in [-0.1, -0.05) is 6.42 Å². The summed E-state index contributed by atoms with van der Waals surface area (Å²) in [5.41, 5.74) is 0. The van der Waals surface area contributed by atoms with Crippen LogP contribution < -0.4 is 0 Å². The molecule has 102 valence electrons. The van der Waals surface area contributed by atoms with E-state index in [4.69, 9.17) is 26.2 Å². The van der Waals surface area contributed by atoms with Gasteiger partial charge in [0.1, 0.15) is 5.22 Å². The van der Waals surface area contributed by atoms with Crippen LogP contribution in [-0.4, -0.2) is 38.9 Å². The second-order valence-electron chi connectivity index (χ2n) is 4.57. The molecular formula is C12H26O3SSi. The minimum absolute atomic E-state index is 0.209. The summed E-state index contributed by atoms with van der Waals surface area (Å²) in [6.07, 6.45) is 2.21. The molecule has 0 radical (unpaired) electrons. The van der Waals surface area contributed by atoms with Crippen LogP contribution in [0.1, 0.15) is 40.5 Å². The zero-order valence-corrected chi connectivity index (χ0v) is 13.4. The smallest absolute Gasteiger partial charge is 0.372 e. The fourth-order valence-corrected chi connectivity index (χ4v) is 7.66. The van der Waals surface area contributed by atoms with Crippen molar-refractivity contribution in [2.45, 2.75) is 57.1 Å². The van der Waals surface area contributed by atoms with E-state index in [-0.39, 0.29) is 10.5 Å². The van der Waals surface area contributed by atoms with Gasteiger partial charge in [-0.25, -0.2) is 0 Å². The lowest BCUT2D eigenvalue weighted by Crippen LogP contribution is -2.68. The number of ether oxygens (including phenoxy) is 1. The average Bonchev–Trinajstić information content (AvgIpc) is 2.27. The summed E-state index contributed by atoms with van der Waals surface area (Å²) in [7, 11) is -2.32. The first-order chi connectivity index (χ1) is 8.06. The Balaban J connectivity index is 3.02. The molecular weight excluding hydrogens is 252 g/mol. The van der Waals surface area contributed by atoms with Gasteiger partial charge in [0.05, 0.1) is 0 Å². The molecule has 0 aromatic heterocycles. The van der Waals surface area contributed by atoms with Crippen molar-refractivity contribution in [3.05, 3.63) is 0 Å². The van der Waals surface area contributed by atoms with Gasteiger partial charge in [0.25, 0.3) is 0 Å². The molecule has 1 aliphatic heterocycles. The van der Waals surface area contributed by atoms with Gasteiger partial charge in [-0.2, -0.15) is 12.6 Å². The average molecular weight is 278 g/mol. The summed E-state index contributed by atoms with van der Waals surface area (Å²) in [4.78, 5) is 0. The molecule has 0 spiro atoms. The summed E-state index contributed by atoms with van der Waals surface area (Å²) in [6.45, 7) is 10.3. The van der Waals surface area contributed by atoms with Crippen LogP contribution in [0, 0.1) is 0 Å². The Kier molecular flexibility index (Phi) is 5.99. The summed E-state index contributed by atoms with van der Waals surface area (Å²) >= 11 is 4.72. The first-order valence-corrected chi connectivity index (χ1v) is 9.20. The molecule has 0 saturated carbocycles. The molecule has 2 atom stereocenters. The van der Waals surface area contributed by atoms with E-state index >= 15 is 0 Å². The fourth-order valence-electron chi connectivity index (χ4n) is 2.75. The Morgan fingerprint density at radius 2 is 1.76 bits per heavy atom. The Labute approximate surface area is 112 Å². The van der Waals surface area contributed by atoms with Crippen molar-refractivity contribution < 1.29 is 13.6 Å². The maximum absolute atomic E-state index is 6.09. The summed E-state index contributed by atoms with van der Waals surface area (Å²) in [5.74, 6) is 0. The molecule has 3 nitrogen and oxygen atoms in total. The third-order valence-electron chi connectivity index (χ3n) is 3.57. The molecule has 0 amide bonds. The molecule has 0 N–H and O–H groups in total. The van der Waals surface area contributed by atoms with Crippen molar-refractivity contribution in [3.8, 4) is 0 Å². The SMILES string of the molecule is CCOC1(C)C(S)CCC[Si]1(OCC)OCC. The third-order valence-corrected chi connectivity index (χ3v) is 9.10. The first kappa shape index (κ1) is 15.5. The topological polar surface area (TPSA) is 27.7 Å². The lowest BCUT2D eigenvalue weighted by Gasteiger charge is -2.50. The van der Waals surface area contributed by atoms with Gasteiger partial charge in [0.15, 0.2) is 0 Å². The highest BCUT2D eigenvalue weighted by molar-refractivity contribution is 7.81. The van der Waals surface area contributed by atoms with Gasteiger partial charge < -0.3 is 13.6 Å². The van der Waals surface area contributed by atoms with E-state index in [2.05, 4.69) is 6.92 Å². The van der Waals surface area contributed by atoms with E-state index in [1.165, 1.54) is 0 Å². The zero-order valence-electron chi connectivity index (χ0n) is 11.5. The fraction of sp³-hybridized carbons (Fsp3) is 1.00. The first-order valence-electron chi connectivity index (χ1n) is 6.66. The Hall–Kier alpha value is 0.447. The van der Waals surface area contributed by atoms with Gasteiger partial charge in [-0.3, -0.25) is 0 Å². The standard InChI is InChI=1S/C12H26O3SSi/c1-5-13-12(4)11(16)9-8-10-17(12,14-6-2)15-7-3/h11,16H,5-10H2,1-4H3. The number of rotatable bonds is 6. The van der Waals surface area contributed by atoms with E-state index in [0.29, 0.717) is 19.8 Å². The number of hydrogen-bond acceptors (Lipinski definition) is 4. The number of thiol groups is 1. The molecule has 1 fully saturated rings. The van der Waals surface area contributed by atoms with Crippen LogP contribution in [0.15, 0.2) is 0 Å². The van der Waals surface area contributed by atoms with Crippen LogP contribution in [-0.2, 0) is 13.6 Å². The zero-order chi connectivity index (χ0) is 12.9. The van der Waals surface area contributed by atoms with Crippen molar-refractivity contribution >= 4 is 21.2 Å². The van der Waals surface area contributed by atoms with Crippen molar-refractivity contribution in [1.29, 1.82) is 0 Å². The summed E-state index contributed by atoms with van der Waals surface area (Å²) in [6, 6.07) is 1.02. The monoisotopic (exact) mass is 278 g/mol. The molecule has 0 aromatic carbocycles. The van der Waals surface area contributed by atoms with Crippen LogP contribution in [0.5, 0.6) is 0 Å². The molecule has 1 aliphatic rings. The Bertz CT molecular complexity index is 228. The highest BCUT2D eigenvalue weighted by Crippen LogP contribution is 2.43. The van der Waals surface area contributed by atoms with E-state index in [1.807, 2.05) is 20.8 Å². The second kappa shape index (κ2) is 6.57.